The van der Waals surface area contributed by atoms with Gasteiger partial charge < -0.3 is 0 Å². The first-order chi connectivity index (χ1) is 8.13. The van der Waals surface area contributed by atoms with Crippen molar-refractivity contribution in [2.45, 2.75) is 6.92 Å². The van der Waals surface area contributed by atoms with Gasteiger partial charge in [-0.2, -0.15) is 4.98 Å². The largest absolute Gasteiger partial charge is 0.333 e. The normalized spacial score (nSPS) is 10.2. The van der Waals surface area contributed by atoms with Crippen LogP contribution in [-0.4, -0.2) is 24.4 Å². The lowest BCUT2D eigenvalue weighted by atomic mass is 10.3. The first-order valence-electron chi connectivity index (χ1n) is 4.61. The second-order valence-electron chi connectivity index (χ2n) is 3.18. The average Bonchev–Trinajstić information content (AvgIpc) is 2.80. The average molecular weight is 235 g/mol. The monoisotopic (exact) mass is 235 g/mol. The number of rotatable bonds is 3. The number of nitrogens with one attached hydrogen (secondary N) is 1. The maximum absolute atomic E-state index is 11.0. The summed E-state index contributed by atoms with van der Waals surface area (Å²) in [5.74, 6) is 5.42. The number of aromatic nitrogens is 4. The van der Waals surface area contributed by atoms with Gasteiger partial charge in [0.1, 0.15) is 12.0 Å². The Morgan fingerprint density at radius 3 is 2.82 bits per heavy atom. The third-order valence-electron chi connectivity index (χ3n) is 2.10. The minimum atomic E-state index is -0.537. The van der Waals surface area contributed by atoms with Crippen molar-refractivity contribution >= 4 is 11.6 Å². The summed E-state index contributed by atoms with van der Waals surface area (Å²) in [6.07, 6.45) is 4.46. The van der Waals surface area contributed by atoms with Gasteiger partial charge in [0.05, 0.1) is 4.92 Å². The van der Waals surface area contributed by atoms with Crippen LogP contribution in [0.4, 0.5) is 11.6 Å². The van der Waals surface area contributed by atoms with Crippen LogP contribution in [0.25, 0.3) is 5.82 Å². The number of hydrazine groups is 1. The van der Waals surface area contributed by atoms with Crippen molar-refractivity contribution in [2.75, 3.05) is 5.43 Å². The molecule has 88 valence electrons. The number of nitro groups is 1. The van der Waals surface area contributed by atoms with E-state index in [1.54, 1.807) is 6.20 Å². The number of nitrogens with zero attached hydrogens (tertiary/aromatic N) is 5. The molecule has 0 radical (unpaired) electrons. The second-order valence-corrected chi connectivity index (χ2v) is 3.18. The maximum Gasteiger partial charge on any atom is 0.333 e. The molecule has 2 aromatic heterocycles. The number of anilines is 1. The van der Waals surface area contributed by atoms with Crippen molar-refractivity contribution in [1.29, 1.82) is 0 Å². The van der Waals surface area contributed by atoms with Crippen molar-refractivity contribution in [2.24, 2.45) is 5.84 Å². The summed E-state index contributed by atoms with van der Waals surface area (Å²) in [7, 11) is 0. The molecule has 0 fully saturated rings. The zero-order valence-electron chi connectivity index (χ0n) is 8.86. The van der Waals surface area contributed by atoms with Gasteiger partial charge >= 0.3 is 5.69 Å². The van der Waals surface area contributed by atoms with Crippen LogP contribution in [0.2, 0.25) is 0 Å². The minimum absolute atomic E-state index is 0.108. The molecule has 2 aromatic rings. The summed E-state index contributed by atoms with van der Waals surface area (Å²) in [6.45, 7) is 1.51. The number of nitrogens with two attached hydrogens (primary N) is 1. The quantitative estimate of drug-likeness (QED) is 0.441. The van der Waals surface area contributed by atoms with Crippen LogP contribution in [0.5, 0.6) is 0 Å². The number of hydrogen-bond acceptors (Lipinski definition) is 7. The van der Waals surface area contributed by atoms with E-state index >= 15 is 0 Å². The Labute approximate surface area is 95.4 Å². The van der Waals surface area contributed by atoms with E-state index in [1.807, 2.05) is 0 Å². The fraction of sp³-hybridized carbons (Fsp3) is 0.125. The van der Waals surface area contributed by atoms with Gasteiger partial charge in [0.2, 0.25) is 11.8 Å². The van der Waals surface area contributed by atoms with Crippen LogP contribution >= 0.6 is 0 Å². The van der Waals surface area contributed by atoms with E-state index in [2.05, 4.69) is 20.4 Å². The number of imidazole rings is 1. The van der Waals surface area contributed by atoms with Crippen LogP contribution in [0.15, 0.2) is 18.7 Å². The molecule has 17 heavy (non-hydrogen) atoms. The summed E-state index contributed by atoms with van der Waals surface area (Å²) < 4.78 is 1.42. The maximum atomic E-state index is 11.0. The van der Waals surface area contributed by atoms with E-state index in [9.17, 15) is 10.1 Å². The van der Waals surface area contributed by atoms with Gasteiger partial charge in [-0.25, -0.2) is 15.8 Å². The highest BCUT2D eigenvalue weighted by molar-refractivity contribution is 5.53. The standard InChI is InChI=1S/C8H9N7O2/c1-5-6(15(16)17)7(12-8(11-5)13-9)14-3-2-10-4-14/h2-4H,9H2,1H3,(H,11,12,13). The summed E-state index contributed by atoms with van der Waals surface area (Å²) >= 11 is 0. The smallest absolute Gasteiger partial charge is 0.292 e. The molecule has 0 aliphatic carbocycles. The molecule has 0 amide bonds. The zero-order chi connectivity index (χ0) is 12.4. The van der Waals surface area contributed by atoms with Crippen molar-refractivity contribution in [3.8, 4) is 5.82 Å². The molecule has 0 saturated carbocycles. The fourth-order valence-electron chi connectivity index (χ4n) is 1.39. The van der Waals surface area contributed by atoms with Crippen molar-refractivity contribution in [3.05, 3.63) is 34.5 Å². The Balaban J connectivity index is 2.70. The van der Waals surface area contributed by atoms with E-state index in [0.717, 1.165) is 0 Å². The Morgan fingerprint density at radius 1 is 1.53 bits per heavy atom. The Hall–Kier alpha value is -2.55. The van der Waals surface area contributed by atoms with Gasteiger partial charge in [0, 0.05) is 12.4 Å². The summed E-state index contributed by atoms with van der Waals surface area (Å²) in [6, 6.07) is 0. The fourth-order valence-corrected chi connectivity index (χ4v) is 1.39. The summed E-state index contributed by atoms with van der Waals surface area (Å²) in [5.41, 5.74) is 2.30. The van der Waals surface area contributed by atoms with Crippen molar-refractivity contribution in [3.63, 3.8) is 0 Å². The van der Waals surface area contributed by atoms with Crippen molar-refractivity contribution < 1.29 is 4.92 Å². The highest BCUT2D eigenvalue weighted by Crippen LogP contribution is 2.24. The van der Waals surface area contributed by atoms with Crippen LogP contribution in [0.3, 0.4) is 0 Å². The Morgan fingerprint density at radius 2 is 2.29 bits per heavy atom. The number of aryl methyl sites for hydroxylation is 1. The van der Waals surface area contributed by atoms with Gasteiger partial charge in [-0.1, -0.05) is 0 Å². The Bertz CT molecular complexity index is 551. The predicted octanol–water partition coefficient (Wildman–Crippen LogP) is 0.165. The van der Waals surface area contributed by atoms with E-state index in [4.69, 9.17) is 5.84 Å². The molecule has 3 N–H and O–H groups in total. The zero-order valence-corrected chi connectivity index (χ0v) is 8.86. The van der Waals surface area contributed by atoms with Gasteiger partial charge in [0.25, 0.3) is 0 Å². The molecule has 0 spiro atoms. The van der Waals surface area contributed by atoms with Crippen LogP contribution in [0.1, 0.15) is 5.69 Å². The first kappa shape index (κ1) is 11.0. The molecule has 9 nitrogen and oxygen atoms in total. The number of nitrogen functional groups attached to an aromatic ring is 1. The van der Waals surface area contributed by atoms with Gasteiger partial charge in [0.15, 0.2) is 0 Å². The molecule has 0 aliphatic heterocycles. The molecule has 2 heterocycles. The lowest BCUT2D eigenvalue weighted by molar-refractivity contribution is -0.385. The third kappa shape index (κ3) is 1.90. The molecule has 0 aliphatic rings. The summed E-state index contributed by atoms with van der Waals surface area (Å²) in [5, 5.41) is 11.0. The van der Waals surface area contributed by atoms with E-state index in [-0.39, 0.29) is 23.1 Å². The van der Waals surface area contributed by atoms with E-state index < -0.39 is 4.92 Å². The lowest BCUT2D eigenvalue weighted by Crippen LogP contribution is -2.14. The molecular formula is C8H9N7O2. The van der Waals surface area contributed by atoms with Crippen molar-refractivity contribution in [1.82, 2.24) is 19.5 Å². The molecule has 0 atom stereocenters. The SMILES string of the molecule is Cc1nc(NN)nc(-n2ccnc2)c1[N+](=O)[O-]. The number of hydrogen-bond donors (Lipinski definition) is 2. The molecule has 0 aromatic carbocycles. The molecule has 0 saturated heterocycles. The van der Waals surface area contributed by atoms with Crippen LogP contribution in [-0.2, 0) is 0 Å². The summed E-state index contributed by atoms with van der Waals surface area (Å²) in [4.78, 5) is 22.1. The van der Waals surface area contributed by atoms with Gasteiger partial charge in [-0.05, 0) is 6.92 Å². The minimum Gasteiger partial charge on any atom is -0.292 e. The lowest BCUT2D eigenvalue weighted by Gasteiger charge is -2.06. The van der Waals surface area contributed by atoms with Gasteiger partial charge in [-0.3, -0.25) is 20.1 Å². The molecule has 0 bridgehead atoms. The van der Waals surface area contributed by atoms with Crippen LogP contribution < -0.4 is 11.3 Å². The van der Waals surface area contributed by atoms with Crippen LogP contribution in [0, 0.1) is 17.0 Å². The highest BCUT2D eigenvalue weighted by atomic mass is 16.6. The van der Waals surface area contributed by atoms with Gasteiger partial charge in [-0.15, -0.1) is 0 Å². The topological polar surface area (TPSA) is 125 Å². The first-order valence-corrected chi connectivity index (χ1v) is 4.61. The second kappa shape index (κ2) is 4.14. The molecule has 0 unspecified atom stereocenters. The predicted molar refractivity (Wildman–Crippen MR) is 58.4 cm³/mol. The third-order valence-corrected chi connectivity index (χ3v) is 2.10. The molecule has 9 heteroatoms. The Kier molecular flexibility index (Phi) is 2.66. The molecule has 2 rings (SSSR count). The highest BCUT2D eigenvalue weighted by Gasteiger charge is 2.22. The van der Waals surface area contributed by atoms with E-state index in [1.165, 1.54) is 24.0 Å². The molecular weight excluding hydrogens is 226 g/mol. The van der Waals surface area contributed by atoms with E-state index in [0.29, 0.717) is 0 Å².